The number of ether oxygens (including phenoxy) is 1. The molecule has 0 spiro atoms. The zero-order valence-corrected chi connectivity index (χ0v) is 11.7. The number of rotatable bonds is 5. The number of fused-ring (bicyclic) bond motifs is 1. The maximum atomic E-state index is 11.9. The lowest BCUT2D eigenvalue weighted by Gasteiger charge is -2.11. The SMILES string of the molecule is CC(CCl)CS(=O)(=O)Nc1ccc2c(c1)CCO2. The molecule has 0 amide bonds. The number of benzene rings is 1. The number of nitrogens with one attached hydrogen (secondary N) is 1. The Morgan fingerprint density at radius 2 is 2.28 bits per heavy atom. The van der Waals surface area contributed by atoms with E-state index in [2.05, 4.69) is 4.72 Å². The van der Waals surface area contributed by atoms with Gasteiger partial charge < -0.3 is 4.74 Å². The monoisotopic (exact) mass is 289 g/mol. The lowest BCUT2D eigenvalue weighted by molar-refractivity contribution is 0.357. The van der Waals surface area contributed by atoms with E-state index < -0.39 is 10.0 Å². The Balaban J connectivity index is 2.09. The van der Waals surface area contributed by atoms with E-state index in [4.69, 9.17) is 16.3 Å². The lowest BCUT2D eigenvalue weighted by Crippen LogP contribution is -2.22. The van der Waals surface area contributed by atoms with Crippen LogP contribution in [0.2, 0.25) is 0 Å². The van der Waals surface area contributed by atoms with Gasteiger partial charge >= 0.3 is 0 Å². The van der Waals surface area contributed by atoms with Crippen molar-refractivity contribution in [2.24, 2.45) is 5.92 Å². The molecule has 0 saturated carbocycles. The van der Waals surface area contributed by atoms with Crippen molar-refractivity contribution >= 4 is 27.3 Å². The summed E-state index contributed by atoms with van der Waals surface area (Å²) < 4.78 is 31.7. The van der Waals surface area contributed by atoms with Crippen LogP contribution in [-0.2, 0) is 16.4 Å². The van der Waals surface area contributed by atoms with E-state index in [-0.39, 0.29) is 11.7 Å². The Morgan fingerprint density at radius 1 is 1.50 bits per heavy atom. The van der Waals surface area contributed by atoms with Gasteiger partial charge in [-0.25, -0.2) is 8.42 Å². The number of halogens is 1. The fourth-order valence-electron chi connectivity index (χ4n) is 1.89. The standard InChI is InChI=1S/C12H16ClNO3S/c1-9(7-13)8-18(15,16)14-11-2-3-12-10(6-11)4-5-17-12/h2-3,6,9,14H,4-5,7-8H2,1H3. The number of sulfonamides is 1. The molecule has 0 fully saturated rings. The van der Waals surface area contributed by atoms with E-state index in [1.54, 1.807) is 12.1 Å². The van der Waals surface area contributed by atoms with Crippen molar-refractivity contribution in [2.75, 3.05) is 23.0 Å². The summed E-state index contributed by atoms with van der Waals surface area (Å²) in [6.45, 7) is 2.47. The van der Waals surface area contributed by atoms with Gasteiger partial charge in [-0.2, -0.15) is 0 Å². The molecule has 1 atom stereocenters. The van der Waals surface area contributed by atoms with Crippen molar-refractivity contribution in [1.29, 1.82) is 0 Å². The molecule has 2 rings (SSSR count). The third-order valence-electron chi connectivity index (χ3n) is 2.73. The molecular formula is C12H16ClNO3S. The first-order valence-electron chi connectivity index (χ1n) is 5.82. The summed E-state index contributed by atoms with van der Waals surface area (Å²) >= 11 is 5.63. The average molecular weight is 290 g/mol. The topological polar surface area (TPSA) is 55.4 Å². The maximum Gasteiger partial charge on any atom is 0.233 e. The molecule has 1 aliphatic rings. The van der Waals surface area contributed by atoms with Crippen LogP contribution in [0.3, 0.4) is 0 Å². The first kappa shape index (κ1) is 13.5. The summed E-state index contributed by atoms with van der Waals surface area (Å²) in [5, 5.41) is 0. The number of hydrogen-bond donors (Lipinski definition) is 1. The highest BCUT2D eigenvalue weighted by Crippen LogP contribution is 2.28. The van der Waals surface area contributed by atoms with Crippen LogP contribution in [0.1, 0.15) is 12.5 Å². The molecule has 1 N–H and O–H groups in total. The molecule has 0 saturated heterocycles. The Labute approximate surface area is 112 Å². The summed E-state index contributed by atoms with van der Waals surface area (Å²) in [5.41, 5.74) is 1.63. The minimum absolute atomic E-state index is 0.0318. The van der Waals surface area contributed by atoms with Crippen LogP contribution in [0.4, 0.5) is 5.69 Å². The molecule has 0 aromatic heterocycles. The van der Waals surface area contributed by atoms with Gasteiger partial charge in [0.25, 0.3) is 0 Å². The van der Waals surface area contributed by atoms with Gasteiger partial charge in [-0.15, -0.1) is 11.6 Å². The van der Waals surface area contributed by atoms with Crippen molar-refractivity contribution in [3.63, 3.8) is 0 Å². The second-order valence-electron chi connectivity index (χ2n) is 4.56. The summed E-state index contributed by atoms with van der Waals surface area (Å²) in [6.07, 6.45) is 0.822. The molecule has 0 aliphatic carbocycles. The summed E-state index contributed by atoms with van der Waals surface area (Å²) in [5.74, 6) is 1.14. The molecule has 100 valence electrons. The highest BCUT2D eigenvalue weighted by molar-refractivity contribution is 7.92. The van der Waals surface area contributed by atoms with Gasteiger partial charge in [-0.05, 0) is 29.7 Å². The van der Waals surface area contributed by atoms with Gasteiger partial charge in [0.2, 0.25) is 10.0 Å². The Hall–Kier alpha value is -0.940. The third kappa shape index (κ3) is 3.29. The normalized spacial score (nSPS) is 15.9. The second-order valence-corrected chi connectivity index (χ2v) is 6.64. The van der Waals surface area contributed by atoms with E-state index in [9.17, 15) is 8.42 Å². The molecule has 18 heavy (non-hydrogen) atoms. The quantitative estimate of drug-likeness (QED) is 0.846. The number of hydrogen-bond acceptors (Lipinski definition) is 3. The van der Waals surface area contributed by atoms with E-state index in [0.717, 1.165) is 17.7 Å². The fourth-order valence-corrected chi connectivity index (χ4v) is 3.57. The first-order chi connectivity index (χ1) is 8.50. The minimum atomic E-state index is -3.34. The Bertz CT molecular complexity index is 530. The predicted octanol–water partition coefficient (Wildman–Crippen LogP) is 2.24. The second kappa shape index (κ2) is 5.36. The first-order valence-corrected chi connectivity index (χ1v) is 8.01. The molecule has 1 unspecified atom stereocenters. The van der Waals surface area contributed by atoms with Gasteiger partial charge in [0, 0.05) is 18.0 Å². The van der Waals surface area contributed by atoms with E-state index >= 15 is 0 Å². The fraction of sp³-hybridized carbons (Fsp3) is 0.500. The van der Waals surface area contributed by atoms with Gasteiger partial charge in [0.15, 0.2) is 0 Å². The molecular weight excluding hydrogens is 274 g/mol. The predicted molar refractivity (Wildman–Crippen MR) is 72.9 cm³/mol. The molecule has 1 aliphatic heterocycles. The smallest absolute Gasteiger partial charge is 0.233 e. The summed E-state index contributed by atoms with van der Waals surface area (Å²) in [6, 6.07) is 5.34. The largest absolute Gasteiger partial charge is 0.493 e. The minimum Gasteiger partial charge on any atom is -0.493 e. The van der Waals surface area contributed by atoms with Crippen LogP contribution in [-0.4, -0.2) is 26.7 Å². The van der Waals surface area contributed by atoms with Crippen molar-refractivity contribution in [1.82, 2.24) is 0 Å². The zero-order chi connectivity index (χ0) is 13.2. The number of anilines is 1. The van der Waals surface area contributed by atoms with E-state index in [1.165, 1.54) is 0 Å². The molecule has 0 bridgehead atoms. The average Bonchev–Trinajstić information content (AvgIpc) is 2.74. The Kier molecular flexibility index (Phi) is 4.02. The highest BCUT2D eigenvalue weighted by atomic mass is 35.5. The molecule has 1 heterocycles. The lowest BCUT2D eigenvalue weighted by atomic mass is 10.1. The summed E-state index contributed by atoms with van der Waals surface area (Å²) in [4.78, 5) is 0. The van der Waals surface area contributed by atoms with Gasteiger partial charge in [-0.3, -0.25) is 4.72 Å². The van der Waals surface area contributed by atoms with Crippen LogP contribution in [0.15, 0.2) is 18.2 Å². The van der Waals surface area contributed by atoms with Crippen molar-refractivity contribution in [2.45, 2.75) is 13.3 Å². The molecule has 1 aromatic rings. The molecule has 0 radical (unpaired) electrons. The molecule has 4 nitrogen and oxygen atoms in total. The van der Waals surface area contributed by atoms with Gasteiger partial charge in [0.1, 0.15) is 5.75 Å². The molecule has 6 heteroatoms. The highest BCUT2D eigenvalue weighted by Gasteiger charge is 2.17. The van der Waals surface area contributed by atoms with Crippen LogP contribution in [0.5, 0.6) is 5.75 Å². The van der Waals surface area contributed by atoms with E-state index in [0.29, 0.717) is 18.2 Å². The zero-order valence-electron chi connectivity index (χ0n) is 10.1. The van der Waals surface area contributed by atoms with Crippen molar-refractivity contribution < 1.29 is 13.2 Å². The maximum absolute atomic E-state index is 11.9. The van der Waals surface area contributed by atoms with Gasteiger partial charge in [0.05, 0.1) is 12.4 Å². The van der Waals surface area contributed by atoms with Crippen LogP contribution in [0.25, 0.3) is 0 Å². The van der Waals surface area contributed by atoms with E-state index in [1.807, 2.05) is 13.0 Å². The molecule has 1 aromatic carbocycles. The Morgan fingerprint density at radius 3 is 3.00 bits per heavy atom. The van der Waals surface area contributed by atoms with Crippen molar-refractivity contribution in [3.05, 3.63) is 23.8 Å². The van der Waals surface area contributed by atoms with Gasteiger partial charge in [-0.1, -0.05) is 6.92 Å². The summed E-state index contributed by atoms with van der Waals surface area (Å²) in [7, 11) is -3.34. The van der Waals surface area contributed by atoms with Crippen LogP contribution >= 0.6 is 11.6 Å². The van der Waals surface area contributed by atoms with Crippen LogP contribution in [0, 0.1) is 5.92 Å². The van der Waals surface area contributed by atoms with Crippen LogP contribution < -0.4 is 9.46 Å². The third-order valence-corrected chi connectivity index (χ3v) is 4.81. The van der Waals surface area contributed by atoms with Crippen molar-refractivity contribution in [3.8, 4) is 5.75 Å². The number of alkyl halides is 1.